The SMILES string of the molecule is COc1ccc(C(=O)Nc2nnc(-c3cc(OC)c(OC)c(OC)c3)o2)cc1OC. The molecule has 0 aliphatic carbocycles. The lowest BCUT2D eigenvalue weighted by molar-refractivity contribution is 0.102. The first kappa shape index (κ1) is 20.8. The number of amides is 1. The number of aromatic nitrogens is 2. The van der Waals surface area contributed by atoms with Crippen molar-refractivity contribution in [2.45, 2.75) is 0 Å². The lowest BCUT2D eigenvalue weighted by Gasteiger charge is -2.12. The van der Waals surface area contributed by atoms with Gasteiger partial charge >= 0.3 is 6.01 Å². The van der Waals surface area contributed by atoms with Gasteiger partial charge in [-0.25, -0.2) is 0 Å². The summed E-state index contributed by atoms with van der Waals surface area (Å²) in [5.74, 6) is 1.95. The Morgan fingerprint density at radius 2 is 1.43 bits per heavy atom. The molecule has 1 heterocycles. The monoisotopic (exact) mass is 415 g/mol. The van der Waals surface area contributed by atoms with E-state index in [1.807, 2.05) is 0 Å². The van der Waals surface area contributed by atoms with Crippen molar-refractivity contribution in [2.24, 2.45) is 0 Å². The molecule has 3 aromatic rings. The Kier molecular flexibility index (Phi) is 6.26. The van der Waals surface area contributed by atoms with E-state index in [2.05, 4.69) is 15.5 Å². The lowest BCUT2D eigenvalue weighted by atomic mass is 10.2. The third-order valence-electron chi connectivity index (χ3n) is 4.20. The van der Waals surface area contributed by atoms with Crippen LogP contribution in [0.1, 0.15) is 10.4 Å². The summed E-state index contributed by atoms with van der Waals surface area (Å²) < 4.78 is 31.9. The number of carbonyl (C=O) groups excluding carboxylic acids is 1. The van der Waals surface area contributed by atoms with Crippen molar-refractivity contribution >= 4 is 11.9 Å². The lowest BCUT2D eigenvalue weighted by Crippen LogP contribution is -2.12. The van der Waals surface area contributed by atoms with E-state index in [-0.39, 0.29) is 11.9 Å². The van der Waals surface area contributed by atoms with Crippen LogP contribution < -0.4 is 29.0 Å². The minimum Gasteiger partial charge on any atom is -0.493 e. The highest BCUT2D eigenvalue weighted by atomic mass is 16.5. The molecule has 0 unspecified atom stereocenters. The van der Waals surface area contributed by atoms with Gasteiger partial charge in [0.25, 0.3) is 5.91 Å². The highest BCUT2D eigenvalue weighted by Gasteiger charge is 2.19. The first-order valence-electron chi connectivity index (χ1n) is 8.71. The van der Waals surface area contributed by atoms with Crippen molar-refractivity contribution in [3.63, 3.8) is 0 Å². The van der Waals surface area contributed by atoms with E-state index in [1.165, 1.54) is 35.5 Å². The minimum atomic E-state index is -0.448. The fourth-order valence-corrected chi connectivity index (χ4v) is 2.74. The first-order valence-corrected chi connectivity index (χ1v) is 8.71. The summed E-state index contributed by atoms with van der Waals surface area (Å²) >= 11 is 0. The predicted molar refractivity (Wildman–Crippen MR) is 107 cm³/mol. The van der Waals surface area contributed by atoms with Crippen molar-refractivity contribution in [1.82, 2.24) is 10.2 Å². The zero-order valence-electron chi connectivity index (χ0n) is 17.1. The maximum atomic E-state index is 12.5. The van der Waals surface area contributed by atoms with Crippen molar-refractivity contribution in [1.29, 1.82) is 0 Å². The molecule has 0 aliphatic rings. The highest BCUT2D eigenvalue weighted by Crippen LogP contribution is 2.41. The number of hydrogen-bond donors (Lipinski definition) is 1. The van der Waals surface area contributed by atoms with Crippen molar-refractivity contribution < 1.29 is 32.9 Å². The summed E-state index contributed by atoms with van der Waals surface area (Å²) in [7, 11) is 7.52. The number of rotatable bonds is 8. The van der Waals surface area contributed by atoms with Crippen LogP contribution in [0.3, 0.4) is 0 Å². The van der Waals surface area contributed by atoms with Gasteiger partial charge in [0.1, 0.15) is 0 Å². The second kappa shape index (κ2) is 9.03. The van der Waals surface area contributed by atoms with Crippen LogP contribution in [0, 0.1) is 0 Å². The normalized spacial score (nSPS) is 10.3. The first-order chi connectivity index (χ1) is 14.5. The molecule has 1 aromatic heterocycles. The van der Waals surface area contributed by atoms with Crippen LogP contribution in [0.25, 0.3) is 11.5 Å². The van der Waals surface area contributed by atoms with E-state index < -0.39 is 5.91 Å². The highest BCUT2D eigenvalue weighted by molar-refractivity contribution is 6.03. The zero-order chi connectivity index (χ0) is 21.7. The van der Waals surface area contributed by atoms with Crippen LogP contribution in [-0.4, -0.2) is 51.7 Å². The van der Waals surface area contributed by atoms with E-state index in [9.17, 15) is 4.79 Å². The maximum absolute atomic E-state index is 12.5. The Hall–Kier alpha value is -3.95. The number of nitrogens with one attached hydrogen (secondary N) is 1. The molecular weight excluding hydrogens is 394 g/mol. The summed E-state index contributed by atoms with van der Waals surface area (Å²) in [6, 6.07) is 8.02. The Morgan fingerprint density at radius 1 is 0.800 bits per heavy atom. The number of methoxy groups -OCH3 is 5. The van der Waals surface area contributed by atoms with Crippen molar-refractivity contribution in [2.75, 3.05) is 40.9 Å². The van der Waals surface area contributed by atoms with Gasteiger partial charge in [-0.15, -0.1) is 5.10 Å². The van der Waals surface area contributed by atoms with Crippen molar-refractivity contribution in [3.8, 4) is 40.2 Å². The maximum Gasteiger partial charge on any atom is 0.322 e. The van der Waals surface area contributed by atoms with Gasteiger partial charge in [-0.1, -0.05) is 5.10 Å². The average molecular weight is 415 g/mol. The van der Waals surface area contributed by atoms with E-state index in [0.717, 1.165) is 0 Å². The molecule has 158 valence electrons. The largest absolute Gasteiger partial charge is 0.493 e. The molecule has 0 spiro atoms. The van der Waals surface area contributed by atoms with Gasteiger partial charge in [-0.05, 0) is 30.3 Å². The third-order valence-corrected chi connectivity index (χ3v) is 4.20. The molecule has 0 saturated carbocycles. The van der Waals surface area contributed by atoms with Crippen LogP contribution in [0.2, 0.25) is 0 Å². The Morgan fingerprint density at radius 3 is 2.00 bits per heavy atom. The minimum absolute atomic E-state index is 0.0708. The number of ether oxygens (including phenoxy) is 5. The molecule has 2 aromatic carbocycles. The summed E-state index contributed by atoms with van der Waals surface area (Å²) in [6.45, 7) is 0. The van der Waals surface area contributed by atoms with Crippen LogP contribution in [0.4, 0.5) is 6.01 Å². The van der Waals surface area contributed by atoms with Gasteiger partial charge < -0.3 is 28.1 Å². The molecule has 0 aliphatic heterocycles. The quantitative estimate of drug-likeness (QED) is 0.593. The molecule has 1 N–H and O–H groups in total. The molecule has 0 saturated heterocycles. The number of hydrogen-bond acceptors (Lipinski definition) is 9. The zero-order valence-corrected chi connectivity index (χ0v) is 17.1. The van der Waals surface area contributed by atoms with Crippen LogP contribution in [-0.2, 0) is 0 Å². The van der Waals surface area contributed by atoms with Crippen LogP contribution in [0.5, 0.6) is 28.7 Å². The molecule has 3 rings (SSSR count). The van der Waals surface area contributed by atoms with Gasteiger partial charge in [0.05, 0.1) is 35.5 Å². The summed E-state index contributed by atoms with van der Waals surface area (Å²) in [4.78, 5) is 12.5. The van der Waals surface area contributed by atoms with Gasteiger partial charge in [0.2, 0.25) is 11.6 Å². The fraction of sp³-hybridized carbons (Fsp3) is 0.250. The molecule has 10 nitrogen and oxygen atoms in total. The van der Waals surface area contributed by atoms with Gasteiger partial charge in [0.15, 0.2) is 23.0 Å². The summed E-state index contributed by atoms with van der Waals surface area (Å²) in [5, 5.41) is 10.4. The smallest absolute Gasteiger partial charge is 0.322 e. The van der Waals surface area contributed by atoms with E-state index in [4.69, 9.17) is 28.1 Å². The van der Waals surface area contributed by atoms with Gasteiger partial charge in [-0.2, -0.15) is 0 Å². The molecule has 10 heteroatoms. The van der Waals surface area contributed by atoms with Crippen LogP contribution >= 0.6 is 0 Å². The number of carbonyl (C=O) groups is 1. The van der Waals surface area contributed by atoms with Gasteiger partial charge in [0, 0.05) is 11.1 Å². The molecule has 0 atom stereocenters. The Bertz CT molecular complexity index is 1020. The number of benzene rings is 2. The molecule has 0 fully saturated rings. The number of anilines is 1. The molecule has 30 heavy (non-hydrogen) atoms. The molecular formula is C20H21N3O7. The predicted octanol–water partition coefficient (Wildman–Crippen LogP) is 3.03. The topological polar surface area (TPSA) is 114 Å². The standard InChI is InChI=1S/C20H21N3O7/c1-25-13-7-6-11(8-14(13)26-2)18(24)21-20-23-22-19(30-20)12-9-15(27-3)17(29-5)16(10-12)28-4/h6-10H,1-5H3,(H,21,23,24). The van der Waals surface area contributed by atoms with Crippen LogP contribution in [0.15, 0.2) is 34.7 Å². The second-order valence-corrected chi connectivity index (χ2v) is 5.85. The molecule has 1 amide bonds. The number of nitrogens with zero attached hydrogens (tertiary/aromatic N) is 2. The summed E-state index contributed by atoms with van der Waals surface area (Å²) in [5.41, 5.74) is 0.865. The summed E-state index contributed by atoms with van der Waals surface area (Å²) in [6.07, 6.45) is 0. The van der Waals surface area contributed by atoms with E-state index in [1.54, 1.807) is 30.3 Å². The molecule has 0 bridgehead atoms. The Labute approximate surface area is 172 Å². The van der Waals surface area contributed by atoms with E-state index >= 15 is 0 Å². The fourth-order valence-electron chi connectivity index (χ4n) is 2.74. The van der Waals surface area contributed by atoms with Crippen molar-refractivity contribution in [3.05, 3.63) is 35.9 Å². The average Bonchev–Trinajstić information content (AvgIpc) is 3.25. The molecule has 0 radical (unpaired) electrons. The third kappa shape index (κ3) is 4.07. The van der Waals surface area contributed by atoms with Gasteiger partial charge in [-0.3, -0.25) is 10.1 Å². The second-order valence-electron chi connectivity index (χ2n) is 5.85. The Balaban J connectivity index is 1.84. The van der Waals surface area contributed by atoms with E-state index in [0.29, 0.717) is 39.9 Å².